The lowest BCUT2D eigenvalue weighted by molar-refractivity contribution is -0.152. The van der Waals surface area contributed by atoms with Crippen molar-refractivity contribution in [2.45, 2.75) is 84.2 Å². The molecule has 0 radical (unpaired) electrons. The number of fused-ring (bicyclic) bond motifs is 5. The van der Waals surface area contributed by atoms with Gasteiger partial charge in [-0.05, 0) is 86.4 Å². The molecule has 0 saturated heterocycles. The second-order valence-corrected chi connectivity index (χ2v) is 9.67. The number of hydrogen-bond donors (Lipinski definition) is 1. The van der Waals surface area contributed by atoms with Gasteiger partial charge in [0.25, 0.3) is 0 Å². The van der Waals surface area contributed by atoms with Gasteiger partial charge in [0.05, 0.1) is 5.60 Å². The number of Topliss-reactive ketones (excluding diaryl/α,β-unsaturated/α-hetero) is 1. The van der Waals surface area contributed by atoms with Gasteiger partial charge in [0.15, 0.2) is 0 Å². The van der Waals surface area contributed by atoms with Crippen molar-refractivity contribution < 1.29 is 9.90 Å². The first-order valence-electron chi connectivity index (χ1n) is 9.52. The molecule has 124 valence electrons. The molecule has 0 spiro atoms. The predicted molar refractivity (Wildman–Crippen MR) is 87.4 cm³/mol. The normalized spacial score (nSPS) is 57.9. The van der Waals surface area contributed by atoms with Crippen molar-refractivity contribution in [2.24, 2.45) is 34.5 Å². The summed E-state index contributed by atoms with van der Waals surface area (Å²) >= 11 is 0. The topological polar surface area (TPSA) is 37.3 Å². The summed E-state index contributed by atoms with van der Waals surface area (Å²) in [7, 11) is 0. The van der Waals surface area contributed by atoms with Gasteiger partial charge in [-0.15, -0.1) is 0 Å². The fourth-order valence-corrected chi connectivity index (χ4v) is 7.29. The summed E-state index contributed by atoms with van der Waals surface area (Å²) in [6, 6.07) is 0. The Bertz CT molecular complexity index is 496. The van der Waals surface area contributed by atoms with E-state index in [0.29, 0.717) is 23.0 Å². The first-order valence-corrected chi connectivity index (χ1v) is 9.52. The standard InChI is InChI=1S/C20H32O2/c1-18-9-6-14(21)12-13(18)4-5-15-16(18)7-10-19(2)17(15)8-11-20(19,3)22/h13,15-17,22H,4-12H2,1-3H3/t13-,15?,16?,17?,18?,19?,20+/m0/s1. The average molecular weight is 304 g/mol. The second kappa shape index (κ2) is 4.59. The summed E-state index contributed by atoms with van der Waals surface area (Å²) in [4.78, 5) is 11.9. The minimum absolute atomic E-state index is 0.127. The zero-order chi connectivity index (χ0) is 15.8. The van der Waals surface area contributed by atoms with Gasteiger partial charge in [0.1, 0.15) is 5.78 Å². The van der Waals surface area contributed by atoms with E-state index >= 15 is 0 Å². The highest BCUT2D eigenvalue weighted by molar-refractivity contribution is 5.79. The molecule has 0 aromatic heterocycles. The Balaban J connectivity index is 1.65. The minimum atomic E-state index is -0.469. The molecule has 4 aliphatic rings. The summed E-state index contributed by atoms with van der Waals surface area (Å²) in [6.07, 6.45) is 9.98. The molecule has 0 aromatic rings. The third kappa shape index (κ3) is 1.79. The Morgan fingerprint density at radius 3 is 2.45 bits per heavy atom. The van der Waals surface area contributed by atoms with Gasteiger partial charge in [-0.3, -0.25) is 4.79 Å². The molecule has 1 N–H and O–H groups in total. The Morgan fingerprint density at radius 2 is 1.68 bits per heavy atom. The number of aliphatic hydroxyl groups is 1. The summed E-state index contributed by atoms with van der Waals surface area (Å²) in [5.41, 5.74) is 0.0530. The molecule has 5 unspecified atom stereocenters. The fraction of sp³-hybridized carbons (Fsp3) is 0.950. The van der Waals surface area contributed by atoms with Gasteiger partial charge < -0.3 is 5.11 Å². The lowest BCUT2D eigenvalue weighted by atomic mass is 9.44. The SMILES string of the molecule is CC12CCC(=O)C[C@@H]1CCC1C2CCC2(C)C1CC[C@@]2(C)O. The van der Waals surface area contributed by atoms with Crippen molar-refractivity contribution >= 4 is 5.78 Å². The minimum Gasteiger partial charge on any atom is -0.390 e. The van der Waals surface area contributed by atoms with Crippen molar-refractivity contribution in [2.75, 3.05) is 0 Å². The van der Waals surface area contributed by atoms with Crippen LogP contribution in [0, 0.1) is 34.5 Å². The molecule has 0 aromatic carbocycles. The monoisotopic (exact) mass is 304 g/mol. The summed E-state index contributed by atoms with van der Waals surface area (Å²) in [5.74, 6) is 3.44. The molecule has 4 saturated carbocycles. The van der Waals surface area contributed by atoms with Gasteiger partial charge in [-0.1, -0.05) is 13.8 Å². The predicted octanol–water partition coefficient (Wildman–Crippen LogP) is 4.35. The van der Waals surface area contributed by atoms with Crippen LogP contribution < -0.4 is 0 Å². The number of carbonyl (C=O) groups is 1. The van der Waals surface area contributed by atoms with Crippen LogP contribution in [0.2, 0.25) is 0 Å². The van der Waals surface area contributed by atoms with E-state index in [1.165, 1.54) is 32.1 Å². The average Bonchev–Trinajstić information content (AvgIpc) is 2.70. The van der Waals surface area contributed by atoms with Crippen LogP contribution in [-0.2, 0) is 4.79 Å². The van der Waals surface area contributed by atoms with E-state index in [1.54, 1.807) is 0 Å². The molecule has 0 heterocycles. The quantitative estimate of drug-likeness (QED) is 0.722. The zero-order valence-electron chi connectivity index (χ0n) is 14.5. The molecule has 0 aliphatic heterocycles. The van der Waals surface area contributed by atoms with Crippen LogP contribution in [0.5, 0.6) is 0 Å². The molecule has 22 heavy (non-hydrogen) atoms. The van der Waals surface area contributed by atoms with Gasteiger partial charge in [0, 0.05) is 12.8 Å². The highest BCUT2D eigenvalue weighted by Gasteiger charge is 2.63. The number of carbonyl (C=O) groups excluding carboxylic acids is 1. The fourth-order valence-electron chi connectivity index (χ4n) is 7.29. The van der Waals surface area contributed by atoms with Crippen LogP contribution in [0.15, 0.2) is 0 Å². The maximum absolute atomic E-state index is 11.9. The van der Waals surface area contributed by atoms with Crippen LogP contribution in [-0.4, -0.2) is 16.5 Å². The highest BCUT2D eigenvalue weighted by atomic mass is 16.3. The maximum atomic E-state index is 11.9. The van der Waals surface area contributed by atoms with Gasteiger partial charge in [-0.25, -0.2) is 0 Å². The lowest BCUT2D eigenvalue weighted by Gasteiger charge is -2.60. The van der Waals surface area contributed by atoms with Crippen molar-refractivity contribution in [1.82, 2.24) is 0 Å². The first-order chi connectivity index (χ1) is 10.3. The molecule has 7 atom stereocenters. The Kier molecular flexibility index (Phi) is 3.16. The van der Waals surface area contributed by atoms with Crippen LogP contribution >= 0.6 is 0 Å². The maximum Gasteiger partial charge on any atom is 0.133 e. The Morgan fingerprint density at radius 1 is 0.955 bits per heavy atom. The van der Waals surface area contributed by atoms with Crippen LogP contribution in [0.25, 0.3) is 0 Å². The third-order valence-corrected chi connectivity index (χ3v) is 9.04. The third-order valence-electron chi connectivity index (χ3n) is 9.04. The molecular formula is C20H32O2. The summed E-state index contributed by atoms with van der Waals surface area (Å²) in [6.45, 7) is 6.94. The van der Waals surface area contributed by atoms with Crippen molar-refractivity contribution in [3.8, 4) is 0 Å². The van der Waals surface area contributed by atoms with Crippen molar-refractivity contribution in [3.05, 3.63) is 0 Å². The molecule has 0 amide bonds. The molecular weight excluding hydrogens is 272 g/mol. The first kappa shape index (κ1) is 15.2. The van der Waals surface area contributed by atoms with Crippen molar-refractivity contribution in [3.63, 3.8) is 0 Å². The van der Waals surface area contributed by atoms with Crippen LogP contribution in [0.3, 0.4) is 0 Å². The second-order valence-electron chi connectivity index (χ2n) is 9.67. The van der Waals surface area contributed by atoms with E-state index in [0.717, 1.165) is 37.5 Å². The van der Waals surface area contributed by atoms with Gasteiger partial charge in [-0.2, -0.15) is 0 Å². The number of rotatable bonds is 0. The Hall–Kier alpha value is -0.370. The summed E-state index contributed by atoms with van der Waals surface area (Å²) < 4.78 is 0. The van der Waals surface area contributed by atoms with Crippen LogP contribution in [0.4, 0.5) is 0 Å². The number of hydrogen-bond acceptors (Lipinski definition) is 2. The number of ketones is 1. The molecule has 4 fully saturated rings. The highest BCUT2D eigenvalue weighted by Crippen LogP contribution is 2.67. The van der Waals surface area contributed by atoms with E-state index in [4.69, 9.17) is 0 Å². The molecule has 4 aliphatic carbocycles. The largest absolute Gasteiger partial charge is 0.390 e. The molecule has 4 rings (SSSR count). The van der Waals surface area contributed by atoms with E-state index < -0.39 is 5.60 Å². The lowest BCUT2D eigenvalue weighted by Crippen LogP contribution is -2.55. The van der Waals surface area contributed by atoms with E-state index in [-0.39, 0.29) is 5.41 Å². The van der Waals surface area contributed by atoms with Gasteiger partial charge >= 0.3 is 0 Å². The van der Waals surface area contributed by atoms with E-state index in [2.05, 4.69) is 20.8 Å². The molecule has 0 bridgehead atoms. The Labute approximate surface area is 135 Å². The van der Waals surface area contributed by atoms with Crippen molar-refractivity contribution in [1.29, 1.82) is 0 Å². The smallest absolute Gasteiger partial charge is 0.133 e. The molecule has 2 heteroatoms. The van der Waals surface area contributed by atoms with E-state index in [9.17, 15) is 9.90 Å². The molecule has 2 nitrogen and oxygen atoms in total. The van der Waals surface area contributed by atoms with E-state index in [1.807, 2.05) is 0 Å². The van der Waals surface area contributed by atoms with Gasteiger partial charge in [0.2, 0.25) is 0 Å². The zero-order valence-corrected chi connectivity index (χ0v) is 14.5. The summed E-state index contributed by atoms with van der Waals surface area (Å²) in [5, 5.41) is 10.9. The van der Waals surface area contributed by atoms with Crippen LogP contribution in [0.1, 0.15) is 78.6 Å².